The van der Waals surface area contributed by atoms with Crippen LogP contribution in [0.2, 0.25) is 0 Å². The van der Waals surface area contributed by atoms with Crippen LogP contribution >= 0.6 is 0 Å². The zero-order valence-electron chi connectivity index (χ0n) is 21.6. The van der Waals surface area contributed by atoms with Gasteiger partial charge in [0.15, 0.2) is 5.82 Å². The number of ether oxygens (including phenoxy) is 1. The zero-order chi connectivity index (χ0) is 27.6. The maximum Gasteiger partial charge on any atom is 0.264 e. The molecule has 12 nitrogen and oxygen atoms in total. The van der Waals surface area contributed by atoms with Crippen molar-refractivity contribution in [2.45, 2.75) is 18.2 Å². The Morgan fingerprint density at radius 3 is 2.31 bits per heavy atom. The number of fused-ring (bicyclic) bond motifs is 1. The molecule has 0 unspecified atom stereocenters. The molecule has 2 aliphatic heterocycles. The number of nitrogens with one attached hydrogen (secondary N) is 2. The minimum atomic E-state index is -3.94. The fourth-order valence-electron chi connectivity index (χ4n) is 4.49. The fourth-order valence-corrected chi connectivity index (χ4v) is 5.48. The smallest absolute Gasteiger partial charge is 0.264 e. The van der Waals surface area contributed by atoms with Gasteiger partial charge in [0.25, 0.3) is 10.0 Å². The standard InChI is InChI=1S/C26H29N7O5S/c1-18(34)30-39(36,37)22-9-3-19(4-10-22)28-26-27-17-23-25(29-26)33(12-11-24(35)31(23)2)21-7-5-20(6-8-21)32-13-15-38-16-14-32/h3-10,17H,11-16H2,1-2H3,(H,30,34)(H,27,28,29). The summed E-state index contributed by atoms with van der Waals surface area (Å²) in [7, 11) is -2.23. The van der Waals surface area contributed by atoms with E-state index in [4.69, 9.17) is 9.72 Å². The quantitative estimate of drug-likeness (QED) is 0.470. The predicted molar refractivity (Wildman–Crippen MR) is 147 cm³/mol. The summed E-state index contributed by atoms with van der Waals surface area (Å²) in [6.45, 7) is 4.67. The van der Waals surface area contributed by atoms with Crippen molar-refractivity contribution in [3.05, 3.63) is 54.7 Å². The number of hydrogen-bond donors (Lipinski definition) is 2. The number of carbonyl (C=O) groups excluding carboxylic acids is 2. The summed E-state index contributed by atoms with van der Waals surface area (Å²) in [6.07, 6.45) is 1.91. The van der Waals surface area contributed by atoms with E-state index in [1.54, 1.807) is 30.3 Å². The van der Waals surface area contributed by atoms with E-state index >= 15 is 0 Å². The Bertz CT molecular complexity index is 1470. The average Bonchev–Trinajstić information content (AvgIpc) is 3.05. The second-order valence-corrected chi connectivity index (χ2v) is 10.9. The summed E-state index contributed by atoms with van der Waals surface area (Å²) in [4.78, 5) is 38.8. The van der Waals surface area contributed by atoms with Gasteiger partial charge in [-0.05, 0) is 48.5 Å². The van der Waals surface area contributed by atoms with Crippen LogP contribution in [0.25, 0.3) is 0 Å². The maximum absolute atomic E-state index is 12.7. The van der Waals surface area contributed by atoms with Gasteiger partial charge in [-0.25, -0.2) is 18.1 Å². The Labute approximate surface area is 226 Å². The third-order valence-electron chi connectivity index (χ3n) is 6.53. The first-order valence-electron chi connectivity index (χ1n) is 12.5. The van der Waals surface area contributed by atoms with Gasteiger partial charge < -0.3 is 24.8 Å². The highest BCUT2D eigenvalue weighted by Gasteiger charge is 2.27. The van der Waals surface area contributed by atoms with E-state index in [0.29, 0.717) is 43.4 Å². The highest BCUT2D eigenvalue weighted by molar-refractivity contribution is 7.90. The number of sulfonamides is 1. The number of morpholine rings is 1. The van der Waals surface area contributed by atoms with Gasteiger partial charge in [0, 0.05) is 57.1 Å². The molecule has 0 aliphatic carbocycles. The lowest BCUT2D eigenvalue weighted by molar-refractivity contribution is -0.118. The lowest BCUT2D eigenvalue weighted by atomic mass is 10.2. The molecular weight excluding hydrogens is 522 g/mol. The molecular formula is C26H29N7O5S. The van der Waals surface area contributed by atoms with Crippen molar-refractivity contribution in [2.75, 3.05) is 59.9 Å². The van der Waals surface area contributed by atoms with E-state index in [1.807, 2.05) is 21.8 Å². The predicted octanol–water partition coefficient (Wildman–Crippen LogP) is 2.39. The summed E-state index contributed by atoms with van der Waals surface area (Å²) in [5.74, 6) is 0.150. The largest absolute Gasteiger partial charge is 0.378 e. The Morgan fingerprint density at radius 1 is 0.974 bits per heavy atom. The Hall–Kier alpha value is -4.23. The highest BCUT2D eigenvalue weighted by atomic mass is 32.2. The number of benzene rings is 2. The minimum absolute atomic E-state index is 0.0380. The van der Waals surface area contributed by atoms with Crippen LogP contribution in [0.1, 0.15) is 13.3 Å². The topological polar surface area (TPSA) is 137 Å². The van der Waals surface area contributed by atoms with Gasteiger partial charge in [-0.2, -0.15) is 4.98 Å². The molecule has 1 saturated heterocycles. The molecule has 2 aliphatic rings. The number of anilines is 6. The number of amides is 2. The third-order valence-corrected chi connectivity index (χ3v) is 7.98. The summed E-state index contributed by atoms with van der Waals surface area (Å²) in [5, 5.41) is 3.09. The van der Waals surface area contributed by atoms with E-state index in [2.05, 4.69) is 27.3 Å². The van der Waals surface area contributed by atoms with E-state index in [0.717, 1.165) is 31.4 Å². The van der Waals surface area contributed by atoms with Crippen LogP contribution in [0.3, 0.4) is 0 Å². The summed E-state index contributed by atoms with van der Waals surface area (Å²) >= 11 is 0. The first-order chi connectivity index (χ1) is 18.7. The minimum Gasteiger partial charge on any atom is -0.378 e. The first kappa shape index (κ1) is 26.4. The van der Waals surface area contributed by atoms with Gasteiger partial charge in [0.1, 0.15) is 5.69 Å². The maximum atomic E-state index is 12.7. The van der Waals surface area contributed by atoms with Crippen molar-refractivity contribution in [3.63, 3.8) is 0 Å². The monoisotopic (exact) mass is 551 g/mol. The first-order valence-corrected chi connectivity index (χ1v) is 13.9. The number of rotatable bonds is 6. The number of aromatic nitrogens is 2. The van der Waals surface area contributed by atoms with Crippen LogP contribution in [-0.4, -0.2) is 70.1 Å². The van der Waals surface area contributed by atoms with Gasteiger partial charge in [-0.15, -0.1) is 0 Å². The molecule has 13 heteroatoms. The van der Waals surface area contributed by atoms with E-state index in [1.165, 1.54) is 12.1 Å². The summed E-state index contributed by atoms with van der Waals surface area (Å²) < 4.78 is 31.8. The molecule has 2 amide bonds. The molecule has 0 spiro atoms. The van der Waals surface area contributed by atoms with Crippen molar-refractivity contribution in [1.82, 2.24) is 14.7 Å². The van der Waals surface area contributed by atoms with Crippen LogP contribution in [0.4, 0.5) is 34.5 Å². The van der Waals surface area contributed by atoms with Crippen molar-refractivity contribution in [1.29, 1.82) is 0 Å². The van der Waals surface area contributed by atoms with Crippen LogP contribution < -0.4 is 24.7 Å². The fraction of sp³-hybridized carbons (Fsp3) is 0.308. The summed E-state index contributed by atoms with van der Waals surface area (Å²) in [5.41, 5.74) is 3.14. The lowest BCUT2D eigenvalue weighted by Crippen LogP contribution is -2.36. The van der Waals surface area contributed by atoms with Gasteiger partial charge in [0.2, 0.25) is 17.8 Å². The molecule has 0 radical (unpaired) electrons. The van der Waals surface area contributed by atoms with Gasteiger partial charge in [-0.1, -0.05) is 0 Å². The normalized spacial score (nSPS) is 15.9. The van der Waals surface area contributed by atoms with Gasteiger partial charge in [0.05, 0.1) is 24.3 Å². The lowest BCUT2D eigenvalue weighted by Gasteiger charge is -2.30. The molecule has 204 valence electrons. The van der Waals surface area contributed by atoms with E-state index in [9.17, 15) is 18.0 Å². The molecule has 2 N–H and O–H groups in total. The third kappa shape index (κ3) is 5.78. The van der Waals surface area contributed by atoms with Crippen molar-refractivity contribution in [2.24, 2.45) is 0 Å². The van der Waals surface area contributed by atoms with Crippen molar-refractivity contribution in [3.8, 4) is 0 Å². The molecule has 39 heavy (non-hydrogen) atoms. The van der Waals surface area contributed by atoms with Crippen LogP contribution in [0.15, 0.2) is 59.6 Å². The Morgan fingerprint density at radius 2 is 1.64 bits per heavy atom. The van der Waals surface area contributed by atoms with Crippen molar-refractivity contribution >= 4 is 56.4 Å². The molecule has 1 fully saturated rings. The zero-order valence-corrected chi connectivity index (χ0v) is 22.4. The van der Waals surface area contributed by atoms with Crippen LogP contribution in [0.5, 0.6) is 0 Å². The van der Waals surface area contributed by atoms with E-state index < -0.39 is 15.9 Å². The molecule has 3 aromatic rings. The Kier molecular flexibility index (Phi) is 7.35. The Balaban J connectivity index is 1.42. The molecule has 1 aromatic heterocycles. The van der Waals surface area contributed by atoms with Crippen LogP contribution in [-0.2, 0) is 24.3 Å². The second kappa shape index (κ2) is 10.9. The number of hydrogen-bond acceptors (Lipinski definition) is 10. The SMILES string of the molecule is CC(=O)NS(=O)(=O)c1ccc(Nc2ncc3c(n2)N(c2ccc(N4CCOCC4)cc2)CCC(=O)N3C)cc1. The highest BCUT2D eigenvalue weighted by Crippen LogP contribution is 2.36. The van der Waals surface area contributed by atoms with Gasteiger partial charge >= 0.3 is 0 Å². The van der Waals surface area contributed by atoms with E-state index in [-0.39, 0.29) is 16.8 Å². The van der Waals surface area contributed by atoms with Gasteiger partial charge in [-0.3, -0.25) is 9.59 Å². The average molecular weight is 552 g/mol. The number of carbonyl (C=O) groups is 2. The molecule has 3 heterocycles. The summed E-state index contributed by atoms with van der Waals surface area (Å²) in [6, 6.07) is 14.0. The van der Waals surface area contributed by atoms with Crippen LogP contribution in [0, 0.1) is 0 Å². The molecule has 0 bridgehead atoms. The number of nitrogens with zero attached hydrogens (tertiary/aromatic N) is 5. The molecule has 0 saturated carbocycles. The molecule has 2 aromatic carbocycles. The van der Waals surface area contributed by atoms with Crippen molar-refractivity contribution < 1.29 is 22.7 Å². The molecule has 5 rings (SSSR count). The second-order valence-electron chi connectivity index (χ2n) is 9.18. The molecule has 0 atom stereocenters.